The van der Waals surface area contributed by atoms with Gasteiger partial charge in [-0.1, -0.05) is 48.0 Å². The van der Waals surface area contributed by atoms with E-state index >= 15 is 0 Å². The van der Waals surface area contributed by atoms with E-state index in [1.807, 2.05) is 18.2 Å². The van der Waals surface area contributed by atoms with Gasteiger partial charge in [0.2, 0.25) is 5.91 Å². The van der Waals surface area contributed by atoms with Crippen molar-refractivity contribution in [2.24, 2.45) is 0 Å². The van der Waals surface area contributed by atoms with Crippen LogP contribution >= 0.6 is 11.3 Å². The number of carbonyl (C=O) groups excluding carboxylic acids is 1. The molecule has 1 atom stereocenters. The molecule has 0 spiro atoms. The molecule has 0 bridgehead atoms. The van der Waals surface area contributed by atoms with Crippen LogP contribution in [0.15, 0.2) is 59.5 Å². The molecule has 2 N–H and O–H groups in total. The Bertz CT molecular complexity index is 679. The summed E-state index contributed by atoms with van der Waals surface area (Å²) in [7, 11) is 0. The Balaban J connectivity index is 1.49. The number of carbonyl (C=O) groups is 1. The molecule has 0 aliphatic heterocycles. The lowest BCUT2D eigenvalue weighted by atomic mass is 9.97. The highest BCUT2D eigenvalue weighted by Gasteiger charge is 2.15. The molecule has 3 nitrogen and oxygen atoms in total. The maximum atomic E-state index is 12.2. The molecule has 0 unspecified atom stereocenters. The fourth-order valence-electron chi connectivity index (χ4n) is 3.24. The van der Waals surface area contributed by atoms with E-state index in [0.717, 1.165) is 13.0 Å². The van der Waals surface area contributed by atoms with Crippen LogP contribution in [0.25, 0.3) is 0 Å². The van der Waals surface area contributed by atoms with Gasteiger partial charge in [0.15, 0.2) is 0 Å². The van der Waals surface area contributed by atoms with Crippen molar-refractivity contribution in [1.29, 1.82) is 0 Å². The van der Waals surface area contributed by atoms with Gasteiger partial charge in [-0.25, -0.2) is 0 Å². The zero-order valence-electron chi connectivity index (χ0n) is 14.5. The van der Waals surface area contributed by atoms with Gasteiger partial charge >= 0.3 is 0 Å². The Morgan fingerprint density at radius 2 is 2.00 bits per heavy atom. The molecule has 4 heteroatoms. The van der Waals surface area contributed by atoms with Crippen LogP contribution < -0.4 is 10.6 Å². The standard InChI is InChI=1S/C21H26N2OS/c24-20(22-14-13-17-8-3-1-4-9-17)16-23-21(19-12-7-15-25-19)18-10-5-2-6-11-18/h2,5-8,10-12,15,21,23H,1,3-4,9,13-14,16H2,(H,22,24)/t21-/m0/s1. The smallest absolute Gasteiger partial charge is 0.233 e. The molecule has 1 aliphatic carbocycles. The van der Waals surface area contributed by atoms with Gasteiger partial charge < -0.3 is 5.32 Å². The molecular weight excluding hydrogens is 328 g/mol. The fraction of sp³-hybridized carbons (Fsp3) is 0.381. The van der Waals surface area contributed by atoms with Crippen molar-refractivity contribution in [3.8, 4) is 0 Å². The number of amides is 1. The van der Waals surface area contributed by atoms with Crippen LogP contribution in [0.1, 0.15) is 48.6 Å². The van der Waals surface area contributed by atoms with Gasteiger partial charge in [0.1, 0.15) is 0 Å². The van der Waals surface area contributed by atoms with Gasteiger partial charge in [0.05, 0.1) is 12.6 Å². The third-order valence-electron chi connectivity index (χ3n) is 4.58. The molecule has 1 heterocycles. The number of hydrogen-bond acceptors (Lipinski definition) is 3. The fourth-order valence-corrected chi connectivity index (χ4v) is 4.06. The predicted octanol–water partition coefficient (Wildman–Crippen LogP) is 4.43. The van der Waals surface area contributed by atoms with Gasteiger partial charge in [-0.15, -0.1) is 11.3 Å². The molecule has 1 aromatic heterocycles. The lowest BCUT2D eigenvalue weighted by Crippen LogP contribution is -2.36. The van der Waals surface area contributed by atoms with E-state index in [-0.39, 0.29) is 11.9 Å². The van der Waals surface area contributed by atoms with E-state index in [1.165, 1.54) is 41.7 Å². The Kier molecular flexibility index (Phi) is 6.83. The highest BCUT2D eigenvalue weighted by molar-refractivity contribution is 7.10. The average Bonchev–Trinajstić information content (AvgIpc) is 3.18. The van der Waals surface area contributed by atoms with Crippen LogP contribution in [-0.4, -0.2) is 19.0 Å². The number of rotatable bonds is 8. The van der Waals surface area contributed by atoms with Crippen molar-refractivity contribution in [2.45, 2.75) is 38.1 Å². The minimum atomic E-state index is 0.0630. The van der Waals surface area contributed by atoms with Crippen LogP contribution in [0.2, 0.25) is 0 Å². The summed E-state index contributed by atoms with van der Waals surface area (Å²) in [5.41, 5.74) is 2.69. The second-order valence-electron chi connectivity index (χ2n) is 6.45. The third kappa shape index (κ3) is 5.55. The summed E-state index contributed by atoms with van der Waals surface area (Å²) in [6.45, 7) is 1.07. The van der Waals surface area contributed by atoms with Crippen LogP contribution in [0.3, 0.4) is 0 Å². The summed E-state index contributed by atoms with van der Waals surface area (Å²) in [4.78, 5) is 13.4. The van der Waals surface area contributed by atoms with Crippen molar-refractivity contribution < 1.29 is 4.79 Å². The summed E-state index contributed by atoms with van der Waals surface area (Å²) in [5, 5.41) is 8.53. The first-order chi connectivity index (χ1) is 12.3. The highest BCUT2D eigenvalue weighted by Crippen LogP contribution is 2.25. The zero-order valence-corrected chi connectivity index (χ0v) is 15.4. The summed E-state index contributed by atoms with van der Waals surface area (Å²) >= 11 is 1.71. The van der Waals surface area contributed by atoms with E-state index < -0.39 is 0 Å². The number of nitrogens with one attached hydrogen (secondary N) is 2. The van der Waals surface area contributed by atoms with E-state index in [9.17, 15) is 4.79 Å². The average molecular weight is 355 g/mol. The van der Waals surface area contributed by atoms with E-state index in [1.54, 1.807) is 11.3 Å². The van der Waals surface area contributed by atoms with Crippen molar-refractivity contribution in [1.82, 2.24) is 10.6 Å². The Morgan fingerprint density at radius 1 is 1.12 bits per heavy atom. The van der Waals surface area contributed by atoms with Crippen LogP contribution in [-0.2, 0) is 4.79 Å². The van der Waals surface area contributed by atoms with Crippen molar-refractivity contribution in [3.05, 3.63) is 69.9 Å². The second-order valence-corrected chi connectivity index (χ2v) is 7.43. The van der Waals surface area contributed by atoms with Crippen LogP contribution in [0.5, 0.6) is 0 Å². The van der Waals surface area contributed by atoms with Gasteiger partial charge in [0, 0.05) is 11.4 Å². The van der Waals surface area contributed by atoms with E-state index in [0.29, 0.717) is 6.54 Å². The SMILES string of the molecule is O=C(CN[C@@H](c1ccccc1)c1cccs1)NCCC1=CCCCC1. The van der Waals surface area contributed by atoms with Gasteiger partial charge in [0.25, 0.3) is 0 Å². The minimum absolute atomic E-state index is 0.0630. The monoisotopic (exact) mass is 354 g/mol. The summed E-state index contributed by atoms with van der Waals surface area (Å²) < 4.78 is 0. The number of hydrogen-bond donors (Lipinski definition) is 2. The molecule has 132 valence electrons. The van der Waals surface area contributed by atoms with Gasteiger partial charge in [-0.05, 0) is 49.1 Å². The summed E-state index contributed by atoms with van der Waals surface area (Å²) in [6, 6.07) is 14.5. The molecule has 2 aromatic rings. The lowest BCUT2D eigenvalue weighted by Gasteiger charge is -2.18. The van der Waals surface area contributed by atoms with Crippen LogP contribution in [0, 0.1) is 0 Å². The zero-order chi connectivity index (χ0) is 17.3. The summed E-state index contributed by atoms with van der Waals surface area (Å²) in [6.07, 6.45) is 8.33. The normalized spacial score (nSPS) is 15.4. The first-order valence-electron chi connectivity index (χ1n) is 9.09. The molecule has 0 radical (unpaired) electrons. The molecule has 3 rings (SSSR count). The second kappa shape index (κ2) is 9.54. The van der Waals surface area contributed by atoms with Gasteiger partial charge in [-0.2, -0.15) is 0 Å². The first kappa shape index (κ1) is 17.9. The molecule has 1 aromatic carbocycles. The van der Waals surface area contributed by atoms with E-state index in [4.69, 9.17) is 0 Å². The number of thiophene rings is 1. The van der Waals surface area contributed by atoms with Crippen molar-refractivity contribution in [2.75, 3.05) is 13.1 Å². The van der Waals surface area contributed by atoms with E-state index in [2.05, 4.69) is 46.4 Å². The summed E-state index contributed by atoms with van der Waals surface area (Å²) in [5.74, 6) is 0.0638. The molecule has 0 fully saturated rings. The first-order valence-corrected chi connectivity index (χ1v) is 9.97. The molecule has 1 amide bonds. The minimum Gasteiger partial charge on any atom is -0.355 e. The Labute approximate surface area is 154 Å². The maximum absolute atomic E-state index is 12.2. The van der Waals surface area contributed by atoms with Crippen molar-refractivity contribution in [3.63, 3.8) is 0 Å². The number of benzene rings is 1. The lowest BCUT2D eigenvalue weighted by molar-refractivity contribution is -0.120. The predicted molar refractivity (Wildman–Crippen MR) is 105 cm³/mol. The van der Waals surface area contributed by atoms with Crippen molar-refractivity contribution >= 4 is 17.2 Å². The number of allylic oxidation sites excluding steroid dienone is 1. The van der Waals surface area contributed by atoms with Gasteiger partial charge in [-0.3, -0.25) is 10.1 Å². The molecular formula is C21H26N2OS. The molecule has 0 saturated heterocycles. The molecule has 0 saturated carbocycles. The van der Waals surface area contributed by atoms with Crippen LogP contribution in [0.4, 0.5) is 0 Å². The molecule has 25 heavy (non-hydrogen) atoms. The third-order valence-corrected chi connectivity index (χ3v) is 5.52. The molecule has 1 aliphatic rings. The maximum Gasteiger partial charge on any atom is 0.233 e. The quantitative estimate of drug-likeness (QED) is 0.688. The highest BCUT2D eigenvalue weighted by atomic mass is 32.1. The topological polar surface area (TPSA) is 41.1 Å². The Hall–Kier alpha value is -1.91. The largest absolute Gasteiger partial charge is 0.355 e. The Morgan fingerprint density at radius 3 is 2.72 bits per heavy atom.